The summed E-state index contributed by atoms with van der Waals surface area (Å²) in [5.74, 6) is -0.278. The molecule has 11 heteroatoms. The van der Waals surface area contributed by atoms with Crippen LogP contribution in [0.25, 0.3) is 0 Å². The molecule has 47 heavy (non-hydrogen) atoms. The average Bonchev–Trinajstić information content (AvgIpc) is 3.84. The fraction of sp³-hybridized carbons (Fsp3) is 0.750. The summed E-state index contributed by atoms with van der Waals surface area (Å²) in [5, 5.41) is 11.2. The molecule has 1 atom stereocenters. The molecule has 0 radical (unpaired) electrons. The number of carbonyl (C=O) groups excluding carboxylic acids is 4. The number of aliphatic hydroxyl groups excluding tert-OH is 1. The highest BCUT2D eigenvalue weighted by molar-refractivity contribution is 5.89. The maximum absolute atomic E-state index is 11.6. The van der Waals surface area contributed by atoms with Crippen LogP contribution in [0.1, 0.15) is 117 Å². The summed E-state index contributed by atoms with van der Waals surface area (Å²) in [6, 6.07) is 6.11. The minimum atomic E-state index is -0.325. The molecule has 3 saturated carbocycles. The molecule has 11 nitrogen and oxygen atoms in total. The van der Waals surface area contributed by atoms with E-state index < -0.39 is 0 Å². The minimum Gasteiger partial charge on any atom is -0.460 e. The van der Waals surface area contributed by atoms with Crippen LogP contribution in [0.5, 0.6) is 0 Å². The summed E-state index contributed by atoms with van der Waals surface area (Å²) in [5.41, 5.74) is 4.69. The Balaban J connectivity index is 0.000000226. The lowest BCUT2D eigenvalue weighted by atomic mass is 9.89. The van der Waals surface area contributed by atoms with Crippen molar-refractivity contribution in [2.45, 2.75) is 135 Å². The lowest BCUT2D eigenvalue weighted by Gasteiger charge is -2.25. The number of primary amides is 1. The summed E-state index contributed by atoms with van der Waals surface area (Å²) in [6.07, 6.45) is 19.7. The molecule has 4 N–H and O–H groups in total. The van der Waals surface area contributed by atoms with Crippen LogP contribution in [0.3, 0.4) is 0 Å². The molecule has 1 aromatic rings. The minimum absolute atomic E-state index is 0.00667. The first-order valence-electron chi connectivity index (χ1n) is 17.7. The van der Waals surface area contributed by atoms with Crippen molar-refractivity contribution in [1.29, 1.82) is 0 Å². The molecule has 3 amide bonds. The van der Waals surface area contributed by atoms with E-state index in [2.05, 4.69) is 10.3 Å². The Hall–Kier alpha value is -3.05. The number of carbonyl (C=O) groups is 4. The molecule has 0 spiro atoms. The summed E-state index contributed by atoms with van der Waals surface area (Å²) in [4.78, 5) is 50.7. The molecule has 0 bridgehead atoms. The van der Waals surface area contributed by atoms with Gasteiger partial charge in [-0.3, -0.25) is 24.2 Å². The van der Waals surface area contributed by atoms with Gasteiger partial charge < -0.3 is 30.5 Å². The second kappa shape index (κ2) is 22.5. The number of nitrogens with zero attached hydrogens (tertiary/aromatic N) is 2. The van der Waals surface area contributed by atoms with Gasteiger partial charge in [0.15, 0.2) is 0 Å². The van der Waals surface area contributed by atoms with Gasteiger partial charge in [0.2, 0.25) is 17.7 Å². The van der Waals surface area contributed by atoms with Crippen molar-refractivity contribution in [3.8, 4) is 0 Å². The number of amides is 3. The zero-order valence-corrected chi connectivity index (χ0v) is 29.0. The standard InChI is InChI=1S/C11H20O2.C10H16N2O3.C10H19NO2.C5H5N/c1-11(2,3)13-10(12)9-7-5-4-6-8-9;13-4-3-11-10(15)7-5-9(14)12(6-7)8-1-2-8;11-10(12)7-4-8-13-9-5-2-1-3-6-9;1-2-4-6-5-3-1/h9H,4-8H2,1-3H3;7-8,13H,1-6H2,(H,11,15);9H,1-8H2,(H2,11,12);1-5H. The van der Waals surface area contributed by atoms with Crippen molar-refractivity contribution in [3.05, 3.63) is 30.6 Å². The zero-order chi connectivity index (χ0) is 34.5. The van der Waals surface area contributed by atoms with Gasteiger partial charge in [0.1, 0.15) is 5.60 Å². The molecule has 0 aromatic carbocycles. The van der Waals surface area contributed by atoms with Crippen molar-refractivity contribution in [3.63, 3.8) is 0 Å². The van der Waals surface area contributed by atoms with Crippen molar-refractivity contribution in [2.75, 3.05) is 26.3 Å². The quantitative estimate of drug-likeness (QED) is 0.241. The average molecular weight is 661 g/mol. The van der Waals surface area contributed by atoms with Crippen LogP contribution in [0, 0.1) is 11.8 Å². The summed E-state index contributed by atoms with van der Waals surface area (Å²) in [7, 11) is 0. The molecule has 3 aliphatic carbocycles. The van der Waals surface area contributed by atoms with Gasteiger partial charge in [0, 0.05) is 51.0 Å². The molecule has 1 saturated heterocycles. The largest absolute Gasteiger partial charge is 0.460 e. The fourth-order valence-electron chi connectivity index (χ4n) is 5.73. The molecule has 1 aromatic heterocycles. The lowest BCUT2D eigenvalue weighted by Crippen LogP contribution is -2.34. The summed E-state index contributed by atoms with van der Waals surface area (Å²) < 4.78 is 11.0. The van der Waals surface area contributed by atoms with E-state index in [1.807, 2.05) is 43.9 Å². The van der Waals surface area contributed by atoms with E-state index in [1.165, 1.54) is 51.4 Å². The molecular weight excluding hydrogens is 600 g/mol. The number of nitrogens with one attached hydrogen (secondary N) is 1. The third kappa shape index (κ3) is 18.8. The van der Waals surface area contributed by atoms with Crippen LogP contribution >= 0.6 is 0 Å². The van der Waals surface area contributed by atoms with Crippen LogP contribution in [0.2, 0.25) is 0 Å². The number of aromatic nitrogens is 1. The van der Waals surface area contributed by atoms with Gasteiger partial charge in [-0.15, -0.1) is 0 Å². The Morgan fingerprint density at radius 3 is 2.04 bits per heavy atom. The molecule has 266 valence electrons. The van der Waals surface area contributed by atoms with Gasteiger partial charge in [-0.2, -0.15) is 0 Å². The molecule has 1 aliphatic heterocycles. The van der Waals surface area contributed by atoms with E-state index >= 15 is 0 Å². The van der Waals surface area contributed by atoms with Gasteiger partial charge in [-0.1, -0.05) is 44.6 Å². The highest BCUT2D eigenvalue weighted by Gasteiger charge is 2.41. The van der Waals surface area contributed by atoms with E-state index in [9.17, 15) is 19.2 Å². The maximum atomic E-state index is 11.6. The third-order valence-electron chi connectivity index (χ3n) is 8.31. The molecule has 4 fully saturated rings. The Morgan fingerprint density at radius 2 is 1.55 bits per heavy atom. The first kappa shape index (κ1) is 40.1. The number of likely N-dealkylation sites (tertiary alicyclic amines) is 1. The van der Waals surface area contributed by atoms with E-state index in [-0.39, 0.29) is 54.3 Å². The van der Waals surface area contributed by atoms with E-state index in [0.717, 1.165) is 32.1 Å². The number of rotatable bonds is 10. The SMILES string of the molecule is CC(C)(C)OC(=O)C1CCCCC1.NC(=O)CCCOC1CCCCC1.O=C(NCCO)C1CC(=O)N(C2CC2)C1.c1ccncc1. The molecular formula is C36H60N4O7. The lowest BCUT2D eigenvalue weighted by molar-refractivity contribution is -0.161. The highest BCUT2D eigenvalue weighted by Crippen LogP contribution is 2.32. The van der Waals surface area contributed by atoms with Crippen molar-refractivity contribution >= 4 is 23.7 Å². The normalized spacial score (nSPS) is 20.0. The first-order valence-corrected chi connectivity index (χ1v) is 17.7. The Kier molecular flexibility index (Phi) is 19.2. The van der Waals surface area contributed by atoms with Crippen LogP contribution in [-0.4, -0.2) is 82.7 Å². The zero-order valence-electron chi connectivity index (χ0n) is 29.0. The van der Waals surface area contributed by atoms with Crippen molar-refractivity contribution < 1.29 is 33.8 Å². The fourth-order valence-corrected chi connectivity index (χ4v) is 5.73. The monoisotopic (exact) mass is 660 g/mol. The molecule has 2 heterocycles. The topological polar surface area (TPSA) is 161 Å². The maximum Gasteiger partial charge on any atom is 0.309 e. The van der Waals surface area contributed by atoms with Crippen LogP contribution in [0.15, 0.2) is 30.6 Å². The Morgan fingerprint density at radius 1 is 0.936 bits per heavy atom. The number of esters is 1. The van der Waals surface area contributed by atoms with Crippen LogP contribution < -0.4 is 11.1 Å². The summed E-state index contributed by atoms with van der Waals surface area (Å²) >= 11 is 0. The van der Waals surface area contributed by atoms with E-state index in [4.69, 9.17) is 20.3 Å². The molecule has 1 unspecified atom stereocenters. The number of ether oxygens (including phenoxy) is 2. The predicted octanol–water partition coefficient (Wildman–Crippen LogP) is 4.70. The Bertz CT molecular complexity index is 1010. The second-order valence-electron chi connectivity index (χ2n) is 13.8. The van der Waals surface area contributed by atoms with E-state index in [1.54, 1.807) is 12.4 Å². The third-order valence-corrected chi connectivity index (χ3v) is 8.31. The van der Waals surface area contributed by atoms with Gasteiger partial charge >= 0.3 is 5.97 Å². The number of aliphatic hydroxyl groups is 1. The number of nitrogens with two attached hydrogens (primary N) is 1. The smallest absolute Gasteiger partial charge is 0.309 e. The molecule has 4 aliphatic rings. The van der Waals surface area contributed by atoms with Gasteiger partial charge in [0.05, 0.1) is 24.5 Å². The number of pyridine rings is 1. The van der Waals surface area contributed by atoms with E-state index in [0.29, 0.717) is 38.1 Å². The van der Waals surface area contributed by atoms with Crippen molar-refractivity contribution in [1.82, 2.24) is 15.2 Å². The summed E-state index contributed by atoms with van der Waals surface area (Å²) in [6.45, 7) is 7.23. The Labute approximate surface area is 281 Å². The van der Waals surface area contributed by atoms with Gasteiger partial charge in [-0.05, 0) is 77.8 Å². The second-order valence-corrected chi connectivity index (χ2v) is 13.8. The predicted molar refractivity (Wildman–Crippen MR) is 181 cm³/mol. The van der Waals surface area contributed by atoms with Gasteiger partial charge in [-0.25, -0.2) is 0 Å². The van der Waals surface area contributed by atoms with Gasteiger partial charge in [0.25, 0.3) is 0 Å². The number of hydrogen-bond donors (Lipinski definition) is 3. The highest BCUT2D eigenvalue weighted by atomic mass is 16.6. The number of hydrogen-bond acceptors (Lipinski definition) is 8. The van der Waals surface area contributed by atoms with Crippen LogP contribution in [0.4, 0.5) is 0 Å². The van der Waals surface area contributed by atoms with Crippen LogP contribution in [-0.2, 0) is 28.7 Å². The van der Waals surface area contributed by atoms with Crippen molar-refractivity contribution in [2.24, 2.45) is 17.6 Å². The molecule has 5 rings (SSSR count). The first-order chi connectivity index (χ1) is 22.5.